The molecular weight excluding hydrogens is 272 g/mol. The number of thiocarbonyl (C=S) groups is 1. The van der Waals surface area contributed by atoms with Crippen LogP contribution in [0.2, 0.25) is 0 Å². The zero-order chi connectivity index (χ0) is 13.1. The van der Waals surface area contributed by atoms with E-state index in [0.717, 1.165) is 11.7 Å². The highest BCUT2D eigenvalue weighted by molar-refractivity contribution is 7.80. The minimum atomic E-state index is 0.517. The van der Waals surface area contributed by atoms with E-state index in [-0.39, 0.29) is 0 Å². The lowest BCUT2D eigenvalue weighted by Gasteiger charge is -2.31. The van der Waals surface area contributed by atoms with Gasteiger partial charge in [-0.05, 0) is 49.3 Å². The van der Waals surface area contributed by atoms with Crippen LogP contribution in [-0.4, -0.2) is 22.6 Å². The molecule has 1 aliphatic carbocycles. The highest BCUT2D eigenvalue weighted by Gasteiger charge is 2.29. The fourth-order valence-corrected chi connectivity index (χ4v) is 4.55. The Morgan fingerprint density at radius 2 is 2.05 bits per heavy atom. The molecule has 1 saturated carbocycles. The first-order chi connectivity index (χ1) is 9.34. The van der Waals surface area contributed by atoms with Gasteiger partial charge in [-0.1, -0.05) is 25.3 Å². The molecule has 0 amide bonds. The number of thiophene rings is 1. The third kappa shape index (κ3) is 3.11. The fourth-order valence-electron chi connectivity index (χ4n) is 3.29. The van der Waals surface area contributed by atoms with Crippen molar-refractivity contribution in [3.8, 4) is 0 Å². The molecule has 3 rings (SSSR count). The first kappa shape index (κ1) is 13.4. The van der Waals surface area contributed by atoms with Gasteiger partial charge < -0.3 is 10.2 Å². The maximum atomic E-state index is 5.67. The number of nitrogens with one attached hydrogen (secondary N) is 1. The maximum absolute atomic E-state index is 5.67. The minimum Gasteiger partial charge on any atom is -0.360 e. The molecule has 1 saturated heterocycles. The molecule has 1 aliphatic heterocycles. The largest absolute Gasteiger partial charge is 0.360 e. The predicted molar refractivity (Wildman–Crippen MR) is 85.6 cm³/mol. The fraction of sp³-hybridized carbons (Fsp3) is 0.667. The molecule has 0 radical (unpaired) electrons. The summed E-state index contributed by atoms with van der Waals surface area (Å²) < 4.78 is 0. The second-order valence-corrected chi connectivity index (χ2v) is 7.02. The molecule has 0 unspecified atom stereocenters. The van der Waals surface area contributed by atoms with Gasteiger partial charge in [-0.25, -0.2) is 0 Å². The molecule has 0 spiro atoms. The Hall–Kier alpha value is -0.610. The lowest BCUT2D eigenvalue weighted by atomic mass is 9.96. The van der Waals surface area contributed by atoms with Crippen molar-refractivity contribution < 1.29 is 0 Å². The summed E-state index contributed by atoms with van der Waals surface area (Å²) >= 11 is 7.52. The summed E-state index contributed by atoms with van der Waals surface area (Å²) in [6.07, 6.45) is 9.19. The molecule has 2 nitrogen and oxygen atoms in total. The van der Waals surface area contributed by atoms with Gasteiger partial charge in [0.05, 0.1) is 6.04 Å². The molecule has 1 atom stereocenters. The molecule has 0 aromatic carbocycles. The van der Waals surface area contributed by atoms with Crippen LogP contribution in [0.4, 0.5) is 0 Å². The highest BCUT2D eigenvalue weighted by atomic mass is 32.1. The van der Waals surface area contributed by atoms with Crippen LogP contribution in [0.25, 0.3) is 0 Å². The van der Waals surface area contributed by atoms with Crippen LogP contribution in [-0.2, 0) is 0 Å². The van der Waals surface area contributed by atoms with Crippen molar-refractivity contribution in [2.24, 2.45) is 0 Å². The average Bonchev–Trinajstić information content (AvgIpc) is 3.10. The van der Waals surface area contributed by atoms with Gasteiger partial charge in [0.25, 0.3) is 0 Å². The van der Waals surface area contributed by atoms with Gasteiger partial charge in [-0.2, -0.15) is 0 Å². The molecule has 4 heteroatoms. The number of rotatable bonds is 2. The lowest BCUT2D eigenvalue weighted by Crippen LogP contribution is -2.44. The van der Waals surface area contributed by atoms with Crippen molar-refractivity contribution in [2.45, 2.75) is 57.0 Å². The molecule has 104 valence electrons. The van der Waals surface area contributed by atoms with E-state index in [0.29, 0.717) is 12.1 Å². The van der Waals surface area contributed by atoms with E-state index >= 15 is 0 Å². The number of nitrogens with zero attached hydrogens (tertiary/aromatic N) is 1. The van der Waals surface area contributed by atoms with Crippen molar-refractivity contribution >= 4 is 28.7 Å². The van der Waals surface area contributed by atoms with Crippen molar-refractivity contribution in [1.82, 2.24) is 10.2 Å². The molecule has 2 heterocycles. The summed E-state index contributed by atoms with van der Waals surface area (Å²) in [6.45, 7) is 1.11. The van der Waals surface area contributed by atoms with Crippen LogP contribution < -0.4 is 5.32 Å². The first-order valence-electron chi connectivity index (χ1n) is 7.45. The van der Waals surface area contributed by atoms with Gasteiger partial charge in [0, 0.05) is 17.5 Å². The standard InChI is InChI=1S/C15H22N2S2/c18-15(16-12-6-2-1-3-7-12)17-10-4-8-13(17)14-9-5-11-19-14/h5,9,11-13H,1-4,6-8,10H2,(H,16,18)/t13-/m0/s1. The van der Waals surface area contributed by atoms with Gasteiger partial charge in [-0.15, -0.1) is 11.3 Å². The molecule has 1 N–H and O–H groups in total. The van der Waals surface area contributed by atoms with E-state index in [2.05, 4.69) is 27.7 Å². The third-order valence-corrected chi connectivity index (χ3v) is 5.64. The van der Waals surface area contributed by atoms with Crippen LogP contribution >= 0.6 is 23.6 Å². The number of likely N-dealkylation sites (tertiary alicyclic amines) is 1. The van der Waals surface area contributed by atoms with Crippen molar-refractivity contribution in [1.29, 1.82) is 0 Å². The molecular formula is C15H22N2S2. The van der Waals surface area contributed by atoms with Crippen LogP contribution in [0.1, 0.15) is 55.9 Å². The van der Waals surface area contributed by atoms with Crippen LogP contribution in [0.3, 0.4) is 0 Å². The Morgan fingerprint density at radius 1 is 1.21 bits per heavy atom. The predicted octanol–water partition coefficient (Wildman–Crippen LogP) is 4.09. The Morgan fingerprint density at radius 3 is 2.79 bits per heavy atom. The van der Waals surface area contributed by atoms with Crippen molar-refractivity contribution in [2.75, 3.05) is 6.54 Å². The topological polar surface area (TPSA) is 15.3 Å². The lowest BCUT2D eigenvalue weighted by molar-refractivity contribution is 0.363. The monoisotopic (exact) mass is 294 g/mol. The van der Waals surface area contributed by atoms with E-state index in [1.807, 2.05) is 11.3 Å². The molecule has 0 bridgehead atoms. The third-order valence-electron chi connectivity index (χ3n) is 4.32. The van der Waals surface area contributed by atoms with Gasteiger partial charge >= 0.3 is 0 Å². The summed E-state index contributed by atoms with van der Waals surface area (Å²) in [7, 11) is 0. The Labute approximate surface area is 125 Å². The van der Waals surface area contributed by atoms with Gasteiger partial charge in [-0.3, -0.25) is 0 Å². The molecule has 2 fully saturated rings. The average molecular weight is 294 g/mol. The number of hydrogen-bond donors (Lipinski definition) is 1. The second-order valence-electron chi connectivity index (χ2n) is 5.65. The number of hydrogen-bond acceptors (Lipinski definition) is 2. The highest BCUT2D eigenvalue weighted by Crippen LogP contribution is 2.34. The zero-order valence-electron chi connectivity index (χ0n) is 11.3. The van der Waals surface area contributed by atoms with Gasteiger partial charge in [0.1, 0.15) is 0 Å². The van der Waals surface area contributed by atoms with Crippen LogP contribution in [0.15, 0.2) is 17.5 Å². The summed E-state index contributed by atoms with van der Waals surface area (Å²) in [5.74, 6) is 0. The van der Waals surface area contributed by atoms with Gasteiger partial charge in [0.2, 0.25) is 0 Å². The quantitative estimate of drug-likeness (QED) is 0.827. The van der Waals surface area contributed by atoms with E-state index in [1.165, 1.54) is 49.8 Å². The minimum absolute atomic E-state index is 0.517. The second kappa shape index (κ2) is 6.23. The van der Waals surface area contributed by atoms with E-state index in [9.17, 15) is 0 Å². The van der Waals surface area contributed by atoms with Crippen molar-refractivity contribution in [3.63, 3.8) is 0 Å². The summed E-state index contributed by atoms with van der Waals surface area (Å²) in [5.41, 5.74) is 0. The normalized spacial score (nSPS) is 24.6. The SMILES string of the molecule is S=C(NC1CCCCC1)N1CCC[C@H]1c1cccs1. The molecule has 19 heavy (non-hydrogen) atoms. The molecule has 1 aromatic rings. The van der Waals surface area contributed by atoms with Gasteiger partial charge in [0.15, 0.2) is 5.11 Å². The summed E-state index contributed by atoms with van der Waals surface area (Å²) in [6, 6.07) is 5.53. The van der Waals surface area contributed by atoms with E-state index in [1.54, 1.807) is 0 Å². The van der Waals surface area contributed by atoms with Crippen LogP contribution in [0.5, 0.6) is 0 Å². The smallest absolute Gasteiger partial charge is 0.169 e. The Kier molecular flexibility index (Phi) is 4.38. The molecule has 1 aromatic heterocycles. The molecule has 2 aliphatic rings. The zero-order valence-corrected chi connectivity index (χ0v) is 12.9. The van der Waals surface area contributed by atoms with E-state index < -0.39 is 0 Å². The Balaban J connectivity index is 1.62. The van der Waals surface area contributed by atoms with Crippen molar-refractivity contribution in [3.05, 3.63) is 22.4 Å². The van der Waals surface area contributed by atoms with Crippen LogP contribution in [0, 0.1) is 0 Å². The van der Waals surface area contributed by atoms with E-state index in [4.69, 9.17) is 12.2 Å². The maximum Gasteiger partial charge on any atom is 0.169 e. The summed E-state index contributed by atoms with van der Waals surface area (Å²) in [4.78, 5) is 3.88. The summed E-state index contributed by atoms with van der Waals surface area (Å²) in [5, 5.41) is 6.77. The Bertz CT molecular complexity index is 410. The first-order valence-corrected chi connectivity index (χ1v) is 8.74.